The van der Waals surface area contributed by atoms with Gasteiger partial charge in [-0.2, -0.15) is 0 Å². The molecule has 4 atom stereocenters. The lowest BCUT2D eigenvalue weighted by atomic mass is 9.92. The third kappa shape index (κ3) is 4.54. The molecule has 8 nitrogen and oxygen atoms in total. The Hall–Kier alpha value is -3.54. The van der Waals surface area contributed by atoms with Gasteiger partial charge in [0.05, 0.1) is 41.0 Å². The maximum Gasteiger partial charge on any atom is 0.274 e. The van der Waals surface area contributed by atoms with Gasteiger partial charge in [-0.25, -0.2) is 18.2 Å². The number of hydrogen-bond donors (Lipinski definition) is 4. The number of piperidine rings is 1. The summed E-state index contributed by atoms with van der Waals surface area (Å²) >= 11 is 0. The quantitative estimate of drug-likeness (QED) is 0.423. The molecule has 1 unspecified atom stereocenters. The predicted molar refractivity (Wildman–Crippen MR) is 130 cm³/mol. The molecule has 5 rings (SSSR count). The van der Waals surface area contributed by atoms with Crippen molar-refractivity contribution in [2.24, 2.45) is 11.7 Å². The average Bonchev–Trinajstić information content (AvgIpc) is 3.23. The van der Waals surface area contributed by atoms with Crippen LogP contribution in [0.1, 0.15) is 41.2 Å². The highest BCUT2D eigenvalue weighted by Gasteiger charge is 2.36. The Bertz CT molecular complexity index is 1340. The van der Waals surface area contributed by atoms with E-state index in [1.54, 1.807) is 0 Å². The van der Waals surface area contributed by atoms with Crippen LogP contribution in [0, 0.1) is 23.4 Å². The van der Waals surface area contributed by atoms with Crippen LogP contribution in [0.25, 0.3) is 11.3 Å². The highest BCUT2D eigenvalue weighted by molar-refractivity contribution is 6.05. The molecule has 0 radical (unpaired) electrons. The molecule has 194 valence electrons. The number of benzene rings is 1. The van der Waals surface area contributed by atoms with Gasteiger partial charge >= 0.3 is 0 Å². The van der Waals surface area contributed by atoms with Crippen LogP contribution in [0.5, 0.6) is 0 Å². The normalized spacial score (nSPS) is 23.2. The van der Waals surface area contributed by atoms with Crippen LogP contribution in [0.4, 0.5) is 24.5 Å². The molecule has 3 aromatic rings. The van der Waals surface area contributed by atoms with Crippen molar-refractivity contribution in [1.29, 1.82) is 0 Å². The second-order valence-electron chi connectivity index (χ2n) is 9.55. The molecule has 0 spiro atoms. The molecular formula is C26H26F3N5O3. The molecule has 1 saturated heterocycles. The first-order valence-electron chi connectivity index (χ1n) is 12.0. The van der Waals surface area contributed by atoms with Gasteiger partial charge in [-0.1, -0.05) is 13.0 Å². The molecule has 5 N–H and O–H groups in total. The Labute approximate surface area is 211 Å². The fraction of sp³-hybridized carbons (Fsp3) is 0.346. The van der Waals surface area contributed by atoms with Crippen LogP contribution in [0.2, 0.25) is 0 Å². The van der Waals surface area contributed by atoms with E-state index in [2.05, 4.69) is 15.3 Å². The monoisotopic (exact) mass is 513 g/mol. The minimum Gasteiger partial charge on any atom is -0.391 e. The Morgan fingerprint density at radius 3 is 2.54 bits per heavy atom. The minimum atomic E-state index is -1.01. The number of rotatable bonds is 4. The largest absolute Gasteiger partial charge is 0.391 e. The van der Waals surface area contributed by atoms with Gasteiger partial charge in [0.15, 0.2) is 0 Å². The molecule has 11 heteroatoms. The Balaban J connectivity index is 1.52. The number of amides is 1. The number of nitrogens with one attached hydrogen (secondary N) is 1. The maximum atomic E-state index is 14.5. The SMILES string of the molecule is C[C@@H]1CN(c2c(NC(=O)c3ccc(F)c(-c4c(F)cccc4F)n3)cnc3c2CCC3O)C[C@@H](N)[C@@H]1O. The van der Waals surface area contributed by atoms with Crippen LogP contribution >= 0.6 is 0 Å². The molecule has 1 fully saturated rings. The summed E-state index contributed by atoms with van der Waals surface area (Å²) in [7, 11) is 0. The number of carbonyl (C=O) groups is 1. The van der Waals surface area contributed by atoms with Crippen molar-refractivity contribution in [1.82, 2.24) is 9.97 Å². The summed E-state index contributed by atoms with van der Waals surface area (Å²) in [5.74, 6) is -3.90. The van der Waals surface area contributed by atoms with Gasteiger partial charge in [-0.3, -0.25) is 9.78 Å². The number of aliphatic hydroxyl groups is 2. The molecular weight excluding hydrogens is 487 g/mol. The van der Waals surface area contributed by atoms with Crippen molar-refractivity contribution in [3.63, 3.8) is 0 Å². The van der Waals surface area contributed by atoms with Crippen LogP contribution in [0.3, 0.4) is 0 Å². The second kappa shape index (κ2) is 9.73. The maximum absolute atomic E-state index is 14.5. The van der Waals surface area contributed by atoms with Gasteiger partial charge in [-0.05, 0) is 37.1 Å². The number of halogens is 3. The zero-order chi connectivity index (χ0) is 26.4. The van der Waals surface area contributed by atoms with E-state index in [1.807, 2.05) is 11.8 Å². The second-order valence-corrected chi connectivity index (χ2v) is 9.55. The third-order valence-electron chi connectivity index (χ3n) is 6.97. The molecule has 37 heavy (non-hydrogen) atoms. The van der Waals surface area contributed by atoms with E-state index in [-0.39, 0.29) is 11.6 Å². The van der Waals surface area contributed by atoms with Crippen molar-refractivity contribution in [3.05, 3.63) is 70.9 Å². The highest BCUT2D eigenvalue weighted by Crippen LogP contribution is 2.41. The Morgan fingerprint density at radius 2 is 1.84 bits per heavy atom. The van der Waals surface area contributed by atoms with E-state index < -0.39 is 52.9 Å². The number of hydrogen-bond acceptors (Lipinski definition) is 7. The van der Waals surface area contributed by atoms with Crippen molar-refractivity contribution in [2.45, 2.75) is 38.0 Å². The molecule has 0 saturated carbocycles. The van der Waals surface area contributed by atoms with E-state index in [9.17, 15) is 28.2 Å². The van der Waals surface area contributed by atoms with Gasteiger partial charge in [0.25, 0.3) is 5.91 Å². The van der Waals surface area contributed by atoms with Gasteiger partial charge in [-0.15, -0.1) is 0 Å². The summed E-state index contributed by atoms with van der Waals surface area (Å²) in [6, 6.07) is 4.61. The lowest BCUT2D eigenvalue weighted by Gasteiger charge is -2.41. The molecule has 1 aliphatic heterocycles. The Kier molecular flexibility index (Phi) is 6.61. The lowest BCUT2D eigenvalue weighted by molar-refractivity contribution is 0.0784. The van der Waals surface area contributed by atoms with Gasteiger partial charge in [0, 0.05) is 30.6 Å². The summed E-state index contributed by atoms with van der Waals surface area (Å²) in [5.41, 5.74) is 6.85. The molecule has 0 bridgehead atoms. The van der Waals surface area contributed by atoms with Gasteiger partial charge < -0.3 is 26.2 Å². The number of nitrogens with zero attached hydrogens (tertiary/aromatic N) is 3. The van der Waals surface area contributed by atoms with Crippen LogP contribution in [-0.2, 0) is 6.42 Å². The molecule has 2 aromatic heterocycles. The number of carbonyl (C=O) groups excluding carboxylic acids is 1. The smallest absolute Gasteiger partial charge is 0.274 e. The first-order valence-corrected chi connectivity index (χ1v) is 12.0. The number of anilines is 2. The molecule has 2 aliphatic rings. The average molecular weight is 514 g/mol. The van der Waals surface area contributed by atoms with Crippen LogP contribution in [-0.4, -0.2) is 51.3 Å². The topological polar surface area (TPSA) is 125 Å². The van der Waals surface area contributed by atoms with Crippen LogP contribution in [0.15, 0.2) is 36.5 Å². The number of nitrogens with two attached hydrogens (primary N) is 1. The van der Waals surface area contributed by atoms with Crippen molar-refractivity contribution < 1.29 is 28.2 Å². The molecule has 3 heterocycles. The summed E-state index contributed by atoms with van der Waals surface area (Å²) in [4.78, 5) is 23.4. The number of aliphatic hydroxyl groups excluding tert-OH is 2. The van der Waals surface area contributed by atoms with E-state index in [0.717, 1.165) is 35.9 Å². The van der Waals surface area contributed by atoms with E-state index in [0.29, 0.717) is 43.0 Å². The fourth-order valence-corrected chi connectivity index (χ4v) is 5.11. The summed E-state index contributed by atoms with van der Waals surface area (Å²) in [6.45, 7) is 2.64. The highest BCUT2D eigenvalue weighted by atomic mass is 19.1. The lowest BCUT2D eigenvalue weighted by Crippen LogP contribution is -2.56. The molecule has 1 amide bonds. The van der Waals surface area contributed by atoms with E-state index >= 15 is 0 Å². The third-order valence-corrected chi connectivity index (χ3v) is 6.97. The zero-order valence-corrected chi connectivity index (χ0v) is 20.0. The van der Waals surface area contributed by atoms with Crippen molar-refractivity contribution in [3.8, 4) is 11.3 Å². The standard InChI is InChI=1S/C26H26F3N5O3/c1-12-10-34(11-17(30)25(12)36)24-13-5-8-20(35)22(13)31-9-19(24)33-26(37)18-7-6-16(29)23(32-18)21-14(27)3-2-4-15(21)28/h2-4,6-7,9,12,17,20,25,35-36H,5,8,10-11,30H2,1H3,(H,33,37)/t12-,17-,20?,25-/m1/s1. The van der Waals surface area contributed by atoms with E-state index in [1.165, 1.54) is 6.20 Å². The summed E-state index contributed by atoms with van der Waals surface area (Å²) in [6.07, 6.45) is 0.994. The fourth-order valence-electron chi connectivity index (χ4n) is 5.11. The zero-order valence-electron chi connectivity index (χ0n) is 20.0. The molecule has 1 aliphatic carbocycles. The summed E-state index contributed by atoms with van der Waals surface area (Å²) < 4.78 is 43.1. The Morgan fingerprint density at radius 1 is 1.11 bits per heavy atom. The first kappa shape index (κ1) is 25.1. The minimum absolute atomic E-state index is 0.153. The predicted octanol–water partition coefficient (Wildman–Crippen LogP) is 2.94. The van der Waals surface area contributed by atoms with Gasteiger partial charge in [0.1, 0.15) is 28.8 Å². The first-order chi connectivity index (χ1) is 17.7. The number of pyridine rings is 2. The van der Waals surface area contributed by atoms with E-state index in [4.69, 9.17) is 5.73 Å². The number of aromatic nitrogens is 2. The van der Waals surface area contributed by atoms with Crippen molar-refractivity contribution >= 4 is 17.3 Å². The molecule has 1 aromatic carbocycles. The van der Waals surface area contributed by atoms with Gasteiger partial charge in [0.2, 0.25) is 0 Å². The summed E-state index contributed by atoms with van der Waals surface area (Å²) in [5, 5.41) is 23.4. The van der Waals surface area contributed by atoms with Crippen molar-refractivity contribution in [2.75, 3.05) is 23.3 Å². The number of fused-ring (bicyclic) bond motifs is 1. The van der Waals surface area contributed by atoms with Crippen LogP contribution < -0.4 is 16.0 Å².